The molecule has 1 aromatic carbocycles. The maximum absolute atomic E-state index is 12.8. The average Bonchev–Trinajstić information content (AvgIpc) is 2.75. The van der Waals surface area contributed by atoms with Crippen LogP contribution in [-0.4, -0.2) is 35.3 Å². The number of rotatable bonds is 3. The lowest BCUT2D eigenvalue weighted by atomic mass is 9.87. The number of fused-ring (bicyclic) bond motifs is 1. The van der Waals surface area contributed by atoms with E-state index in [2.05, 4.69) is 22.5 Å². The van der Waals surface area contributed by atoms with Crippen LogP contribution in [0.2, 0.25) is 0 Å². The minimum atomic E-state index is -0.210. The maximum Gasteiger partial charge on any atom is 0.326 e. The Labute approximate surface area is 175 Å². The van der Waals surface area contributed by atoms with Crippen molar-refractivity contribution in [3.63, 3.8) is 0 Å². The number of thioether (sulfide) groups is 1. The van der Waals surface area contributed by atoms with Gasteiger partial charge in [-0.05, 0) is 61.9 Å². The zero-order valence-corrected chi connectivity index (χ0v) is 17.4. The molecule has 29 heavy (non-hydrogen) atoms. The molecule has 0 bridgehead atoms. The van der Waals surface area contributed by atoms with Gasteiger partial charge in [0.1, 0.15) is 5.03 Å². The Hall–Kier alpha value is -2.54. The summed E-state index contributed by atoms with van der Waals surface area (Å²) in [5.41, 5.74) is 2.00. The number of carbonyl (C=O) groups excluding carboxylic acids is 2. The summed E-state index contributed by atoms with van der Waals surface area (Å²) < 4.78 is 0. The molecule has 1 aromatic heterocycles. The van der Waals surface area contributed by atoms with Gasteiger partial charge in [-0.15, -0.1) is 11.8 Å². The Morgan fingerprint density at radius 1 is 1.14 bits per heavy atom. The molecule has 0 atom stereocenters. The molecule has 2 heterocycles. The fourth-order valence-corrected chi connectivity index (χ4v) is 4.79. The molecule has 1 aliphatic heterocycles. The highest BCUT2D eigenvalue weighted by Crippen LogP contribution is 2.32. The lowest BCUT2D eigenvalue weighted by Gasteiger charge is -2.28. The molecule has 7 heteroatoms. The zero-order chi connectivity index (χ0) is 20.2. The van der Waals surface area contributed by atoms with E-state index in [0.717, 1.165) is 48.1 Å². The van der Waals surface area contributed by atoms with Crippen LogP contribution in [0.3, 0.4) is 0 Å². The van der Waals surface area contributed by atoms with Crippen molar-refractivity contribution in [3.05, 3.63) is 48.2 Å². The highest BCUT2D eigenvalue weighted by atomic mass is 32.2. The van der Waals surface area contributed by atoms with Crippen LogP contribution in [0.4, 0.5) is 16.2 Å². The van der Waals surface area contributed by atoms with Crippen LogP contribution >= 0.6 is 11.8 Å². The molecule has 1 aliphatic carbocycles. The average molecular weight is 411 g/mol. The molecule has 0 spiro atoms. The van der Waals surface area contributed by atoms with E-state index in [9.17, 15) is 9.59 Å². The van der Waals surface area contributed by atoms with Gasteiger partial charge in [-0.3, -0.25) is 9.69 Å². The van der Waals surface area contributed by atoms with E-state index in [4.69, 9.17) is 0 Å². The molecule has 2 aromatic rings. The molecule has 3 amide bonds. The lowest BCUT2D eigenvalue weighted by Crippen LogP contribution is -2.39. The van der Waals surface area contributed by atoms with Gasteiger partial charge >= 0.3 is 6.03 Å². The smallest absolute Gasteiger partial charge is 0.326 e. The van der Waals surface area contributed by atoms with E-state index < -0.39 is 0 Å². The van der Waals surface area contributed by atoms with Crippen LogP contribution < -0.4 is 15.5 Å². The molecule has 0 unspecified atom stereocenters. The minimum Gasteiger partial charge on any atom is -0.349 e. The summed E-state index contributed by atoms with van der Waals surface area (Å²) in [7, 11) is 0. The Morgan fingerprint density at radius 2 is 1.97 bits per heavy atom. The van der Waals surface area contributed by atoms with E-state index in [1.807, 2.05) is 12.1 Å². The summed E-state index contributed by atoms with van der Waals surface area (Å²) >= 11 is 1.65. The minimum absolute atomic E-state index is 0.0791. The number of urea groups is 1. The second-order valence-corrected chi connectivity index (χ2v) is 8.85. The summed E-state index contributed by atoms with van der Waals surface area (Å²) in [5, 5.41) is 6.93. The number of nitrogens with one attached hydrogen (secondary N) is 2. The first-order valence-electron chi connectivity index (χ1n) is 10.2. The topological polar surface area (TPSA) is 74.3 Å². The van der Waals surface area contributed by atoms with Crippen molar-refractivity contribution < 1.29 is 9.59 Å². The molecular formula is C22H26N4O2S. The number of hydrogen-bond acceptors (Lipinski definition) is 4. The van der Waals surface area contributed by atoms with Crippen LogP contribution in [0.5, 0.6) is 0 Å². The van der Waals surface area contributed by atoms with Gasteiger partial charge in [-0.25, -0.2) is 9.78 Å². The molecule has 1 saturated carbocycles. The second-order valence-electron chi connectivity index (χ2n) is 7.77. The largest absolute Gasteiger partial charge is 0.349 e. The quantitative estimate of drug-likeness (QED) is 0.779. The van der Waals surface area contributed by atoms with E-state index >= 15 is 0 Å². The number of nitrogens with zero attached hydrogens (tertiary/aromatic N) is 2. The van der Waals surface area contributed by atoms with E-state index in [1.54, 1.807) is 47.1 Å². The number of amides is 3. The first-order chi connectivity index (χ1) is 14.1. The Morgan fingerprint density at radius 3 is 2.79 bits per heavy atom. The highest BCUT2D eigenvalue weighted by molar-refractivity contribution is 7.99. The lowest BCUT2D eigenvalue weighted by molar-refractivity contribution is 0.0923. The van der Waals surface area contributed by atoms with Gasteiger partial charge in [0.15, 0.2) is 0 Å². The Kier molecular flexibility index (Phi) is 6.04. The first kappa shape index (κ1) is 19.8. The summed E-state index contributed by atoms with van der Waals surface area (Å²) in [6.45, 7) is 2.88. The number of anilines is 2. The third-order valence-corrected chi connectivity index (χ3v) is 6.54. The maximum atomic E-state index is 12.8. The Bertz CT molecular complexity index is 896. The number of carbonyl (C=O) groups is 2. The highest BCUT2D eigenvalue weighted by Gasteiger charge is 2.24. The molecule has 0 radical (unpaired) electrons. The fourth-order valence-electron chi connectivity index (χ4n) is 3.87. The number of benzene rings is 1. The van der Waals surface area contributed by atoms with E-state index in [0.29, 0.717) is 17.8 Å². The number of aromatic nitrogens is 1. The zero-order valence-electron chi connectivity index (χ0n) is 16.6. The predicted molar refractivity (Wildman–Crippen MR) is 117 cm³/mol. The third-order valence-electron chi connectivity index (χ3n) is 5.57. The van der Waals surface area contributed by atoms with E-state index in [-0.39, 0.29) is 18.0 Å². The number of pyridine rings is 1. The summed E-state index contributed by atoms with van der Waals surface area (Å²) in [6, 6.07) is 10.9. The van der Waals surface area contributed by atoms with Gasteiger partial charge in [0.05, 0.1) is 5.69 Å². The SMILES string of the molecule is CC1CCC(NC(=O)c2cccc(NC(=O)N3CCSc4ncccc43)c2)CC1. The normalized spacial score (nSPS) is 21.2. The molecule has 2 aliphatic rings. The van der Waals surface area contributed by atoms with Gasteiger partial charge in [-0.2, -0.15) is 0 Å². The van der Waals surface area contributed by atoms with Crippen molar-refractivity contribution in [2.45, 2.75) is 43.7 Å². The van der Waals surface area contributed by atoms with Gasteiger partial charge in [0.2, 0.25) is 0 Å². The first-order valence-corrected chi connectivity index (χ1v) is 11.2. The van der Waals surface area contributed by atoms with Crippen LogP contribution in [0, 0.1) is 5.92 Å². The molecule has 0 saturated heterocycles. The summed E-state index contributed by atoms with van der Waals surface area (Å²) in [6.07, 6.45) is 6.12. The molecular weight excluding hydrogens is 384 g/mol. The van der Waals surface area contributed by atoms with Crippen molar-refractivity contribution in [1.29, 1.82) is 0 Å². The second kappa shape index (κ2) is 8.86. The van der Waals surface area contributed by atoms with Crippen LogP contribution in [0.25, 0.3) is 0 Å². The Balaban J connectivity index is 1.41. The fraction of sp³-hybridized carbons (Fsp3) is 0.409. The van der Waals surface area contributed by atoms with Crippen molar-refractivity contribution in [2.75, 3.05) is 22.5 Å². The van der Waals surface area contributed by atoms with Crippen molar-refractivity contribution >= 4 is 35.1 Å². The van der Waals surface area contributed by atoms with Gasteiger partial charge in [0.25, 0.3) is 5.91 Å². The van der Waals surface area contributed by atoms with Gasteiger partial charge < -0.3 is 10.6 Å². The van der Waals surface area contributed by atoms with Crippen LogP contribution in [0.15, 0.2) is 47.6 Å². The van der Waals surface area contributed by atoms with Gasteiger partial charge in [-0.1, -0.05) is 13.0 Å². The summed E-state index contributed by atoms with van der Waals surface area (Å²) in [5.74, 6) is 1.47. The van der Waals surface area contributed by atoms with Crippen molar-refractivity contribution in [2.24, 2.45) is 5.92 Å². The molecule has 4 rings (SSSR count). The third kappa shape index (κ3) is 4.72. The molecule has 152 valence electrons. The molecule has 2 N–H and O–H groups in total. The standard InChI is InChI=1S/C22H26N4O2S/c1-15-7-9-17(10-8-15)24-20(27)16-4-2-5-18(14-16)25-22(28)26-12-13-29-21-19(26)6-3-11-23-21/h2-6,11,14-15,17H,7-10,12-13H2,1H3,(H,24,27)(H,25,28). The predicted octanol–water partition coefficient (Wildman–Crippen LogP) is 4.53. The van der Waals surface area contributed by atoms with Crippen LogP contribution in [-0.2, 0) is 0 Å². The van der Waals surface area contributed by atoms with Crippen LogP contribution in [0.1, 0.15) is 43.0 Å². The molecule has 1 fully saturated rings. The van der Waals surface area contributed by atoms with E-state index in [1.165, 1.54) is 0 Å². The summed E-state index contributed by atoms with van der Waals surface area (Å²) in [4.78, 5) is 31.5. The van der Waals surface area contributed by atoms with Gasteiger partial charge in [0, 0.05) is 35.8 Å². The van der Waals surface area contributed by atoms with Crippen molar-refractivity contribution in [1.82, 2.24) is 10.3 Å². The monoisotopic (exact) mass is 410 g/mol. The molecule has 6 nitrogen and oxygen atoms in total. The number of hydrogen-bond donors (Lipinski definition) is 2. The van der Waals surface area contributed by atoms with Crippen molar-refractivity contribution in [3.8, 4) is 0 Å².